The van der Waals surface area contributed by atoms with Crippen molar-refractivity contribution in [1.82, 2.24) is 0 Å². The van der Waals surface area contributed by atoms with Crippen molar-refractivity contribution in [2.45, 2.75) is 6.92 Å². The molecule has 0 unspecified atom stereocenters. The summed E-state index contributed by atoms with van der Waals surface area (Å²) in [5.41, 5.74) is 0.601. The molecular weight excluding hydrogens is 226 g/mol. The van der Waals surface area contributed by atoms with E-state index in [-0.39, 0.29) is 9.94 Å². The van der Waals surface area contributed by atoms with Gasteiger partial charge in [-0.1, -0.05) is 12.1 Å². The number of hydrogen-bond acceptors (Lipinski definition) is 2. The molecule has 2 N–H and O–H groups in total. The topological polar surface area (TPSA) is 40.5 Å². The Morgan fingerprint density at radius 2 is 2.00 bits per heavy atom. The zero-order chi connectivity index (χ0) is 9.30. The maximum Gasteiger partial charge on any atom is 0.491 e. The predicted molar refractivity (Wildman–Crippen MR) is 48.7 cm³/mol. The van der Waals surface area contributed by atoms with Crippen molar-refractivity contribution in [3.05, 3.63) is 28.0 Å². The molecule has 0 heterocycles. The molecule has 0 saturated heterocycles. The first-order chi connectivity index (χ1) is 5.54. The summed E-state index contributed by atoms with van der Waals surface area (Å²) in [7, 11) is -1.76. The molecule has 64 valence electrons. The van der Waals surface area contributed by atoms with E-state index in [9.17, 15) is 4.39 Å². The molecule has 0 aliphatic carbocycles. The van der Waals surface area contributed by atoms with E-state index in [1.807, 2.05) is 0 Å². The van der Waals surface area contributed by atoms with Gasteiger partial charge in [0.25, 0.3) is 0 Å². The number of rotatable bonds is 1. The van der Waals surface area contributed by atoms with Gasteiger partial charge in [0.1, 0.15) is 5.82 Å². The third kappa shape index (κ3) is 1.68. The van der Waals surface area contributed by atoms with Gasteiger partial charge in [-0.25, -0.2) is 4.39 Å². The van der Waals surface area contributed by atoms with E-state index in [1.165, 1.54) is 6.07 Å². The second-order valence-corrected chi connectivity index (χ2v) is 3.27. The van der Waals surface area contributed by atoms with Crippen molar-refractivity contribution in [3.63, 3.8) is 0 Å². The highest BCUT2D eigenvalue weighted by Crippen LogP contribution is 2.17. The van der Waals surface area contributed by atoms with Gasteiger partial charge in [0, 0.05) is 5.46 Å². The van der Waals surface area contributed by atoms with Gasteiger partial charge in [-0.3, -0.25) is 0 Å². The van der Waals surface area contributed by atoms with E-state index in [0.717, 1.165) is 5.56 Å². The lowest BCUT2D eigenvalue weighted by molar-refractivity contribution is 0.423. The summed E-state index contributed by atoms with van der Waals surface area (Å²) in [6, 6.07) is 2.96. The zero-order valence-corrected chi connectivity index (χ0v) is 7.97. The molecule has 0 radical (unpaired) electrons. The first-order valence-electron chi connectivity index (χ1n) is 3.34. The average Bonchev–Trinajstić information content (AvgIpc) is 2.00. The van der Waals surface area contributed by atoms with Crippen LogP contribution in [0.5, 0.6) is 0 Å². The van der Waals surface area contributed by atoms with Gasteiger partial charge in [-0.15, -0.1) is 0 Å². The predicted octanol–water partition coefficient (Wildman–Crippen LogP) is 0.576. The molecule has 1 aromatic rings. The Morgan fingerprint density at radius 1 is 1.42 bits per heavy atom. The van der Waals surface area contributed by atoms with Gasteiger partial charge in [0.15, 0.2) is 0 Å². The molecule has 0 atom stereocenters. The molecule has 0 spiro atoms. The van der Waals surface area contributed by atoms with E-state index in [1.54, 1.807) is 13.0 Å². The summed E-state index contributed by atoms with van der Waals surface area (Å²) in [5, 5.41) is 17.4. The summed E-state index contributed by atoms with van der Waals surface area (Å²) < 4.78 is 13.4. The van der Waals surface area contributed by atoms with Crippen molar-refractivity contribution in [1.29, 1.82) is 0 Å². The lowest BCUT2D eigenvalue weighted by atomic mass is 9.79. The van der Waals surface area contributed by atoms with Crippen LogP contribution in [0.4, 0.5) is 4.39 Å². The molecule has 0 fully saturated rings. The van der Waals surface area contributed by atoms with Gasteiger partial charge >= 0.3 is 7.12 Å². The van der Waals surface area contributed by atoms with Crippen LogP contribution in [-0.4, -0.2) is 17.2 Å². The van der Waals surface area contributed by atoms with Gasteiger partial charge in [0.2, 0.25) is 0 Å². The van der Waals surface area contributed by atoms with Crippen LogP contribution < -0.4 is 5.46 Å². The Morgan fingerprint density at radius 3 is 2.50 bits per heavy atom. The van der Waals surface area contributed by atoms with Crippen molar-refractivity contribution >= 4 is 28.5 Å². The first kappa shape index (κ1) is 9.70. The van der Waals surface area contributed by atoms with E-state index < -0.39 is 12.9 Å². The normalized spacial score (nSPS) is 10.1. The largest absolute Gasteiger partial charge is 0.491 e. The number of halogens is 2. The van der Waals surface area contributed by atoms with Gasteiger partial charge in [-0.2, -0.15) is 0 Å². The second kappa shape index (κ2) is 3.55. The summed E-state index contributed by atoms with van der Waals surface area (Å²) in [6.07, 6.45) is 0. The Hall–Kier alpha value is -0.385. The molecule has 1 aromatic carbocycles. The van der Waals surface area contributed by atoms with E-state index in [0.29, 0.717) is 0 Å². The maximum absolute atomic E-state index is 13.1. The lowest BCUT2D eigenvalue weighted by Gasteiger charge is -2.05. The fourth-order valence-electron chi connectivity index (χ4n) is 0.860. The van der Waals surface area contributed by atoms with Gasteiger partial charge in [-0.05, 0) is 28.4 Å². The quantitative estimate of drug-likeness (QED) is 0.696. The third-order valence-electron chi connectivity index (χ3n) is 1.58. The van der Waals surface area contributed by atoms with E-state index >= 15 is 0 Å². The first-order valence-corrected chi connectivity index (χ1v) is 4.14. The van der Waals surface area contributed by atoms with Crippen molar-refractivity contribution in [2.24, 2.45) is 0 Å². The summed E-state index contributed by atoms with van der Waals surface area (Å²) in [6.45, 7) is 1.72. The molecule has 2 nitrogen and oxygen atoms in total. The highest BCUT2D eigenvalue weighted by molar-refractivity contribution is 9.10. The Balaban J connectivity index is 3.27. The van der Waals surface area contributed by atoms with Crippen LogP contribution in [0.25, 0.3) is 0 Å². The Labute approximate surface area is 78.3 Å². The van der Waals surface area contributed by atoms with Crippen molar-refractivity contribution in [2.75, 3.05) is 0 Å². The molecular formula is C7H7BBrFO2. The van der Waals surface area contributed by atoms with Crippen LogP contribution in [0.3, 0.4) is 0 Å². The Kier molecular flexibility index (Phi) is 2.87. The third-order valence-corrected chi connectivity index (χ3v) is 2.56. The second-order valence-electron chi connectivity index (χ2n) is 2.47. The van der Waals surface area contributed by atoms with Crippen molar-refractivity contribution < 1.29 is 14.4 Å². The fraction of sp³-hybridized carbons (Fsp3) is 0.143. The number of benzene rings is 1. The van der Waals surface area contributed by atoms with E-state index in [2.05, 4.69) is 15.9 Å². The highest BCUT2D eigenvalue weighted by Gasteiger charge is 2.18. The zero-order valence-electron chi connectivity index (χ0n) is 6.38. The molecule has 0 aliphatic heterocycles. The van der Waals surface area contributed by atoms with E-state index in [4.69, 9.17) is 10.0 Å². The maximum atomic E-state index is 13.1. The molecule has 12 heavy (non-hydrogen) atoms. The average molecular weight is 233 g/mol. The monoisotopic (exact) mass is 232 g/mol. The molecule has 0 amide bonds. The SMILES string of the molecule is Cc1ccc(B(O)O)c(F)c1Br. The standard InChI is InChI=1S/C7H7BBrFO2/c1-4-2-3-5(8(11)12)7(10)6(4)9/h2-3,11-12H,1H3. The lowest BCUT2D eigenvalue weighted by Crippen LogP contribution is -2.33. The van der Waals surface area contributed by atoms with Crippen LogP contribution in [0.1, 0.15) is 5.56 Å². The van der Waals surface area contributed by atoms with Crippen molar-refractivity contribution in [3.8, 4) is 0 Å². The van der Waals surface area contributed by atoms with Crippen LogP contribution >= 0.6 is 15.9 Å². The minimum absolute atomic E-state index is 0.118. The number of hydrogen-bond donors (Lipinski definition) is 2. The molecule has 0 aromatic heterocycles. The minimum Gasteiger partial charge on any atom is -0.423 e. The van der Waals surface area contributed by atoms with Crippen LogP contribution in [0, 0.1) is 12.7 Å². The summed E-state index contributed by atoms with van der Waals surface area (Å²) in [4.78, 5) is 0. The fourth-order valence-corrected chi connectivity index (χ4v) is 1.22. The van der Waals surface area contributed by atoms with Crippen LogP contribution in [0.15, 0.2) is 16.6 Å². The smallest absolute Gasteiger partial charge is 0.423 e. The van der Waals surface area contributed by atoms with Crippen LogP contribution in [0.2, 0.25) is 0 Å². The summed E-state index contributed by atoms with van der Waals surface area (Å²) >= 11 is 3.00. The molecule has 0 bridgehead atoms. The number of aryl methyl sites for hydroxylation is 1. The van der Waals surface area contributed by atoms with Gasteiger partial charge < -0.3 is 10.0 Å². The molecule has 5 heteroatoms. The van der Waals surface area contributed by atoms with Crippen LogP contribution in [-0.2, 0) is 0 Å². The molecule has 0 saturated carbocycles. The van der Waals surface area contributed by atoms with Gasteiger partial charge in [0.05, 0.1) is 4.47 Å². The molecule has 0 aliphatic rings. The summed E-state index contributed by atoms with van der Waals surface area (Å²) in [5.74, 6) is -0.620. The minimum atomic E-state index is -1.76. The molecule has 1 rings (SSSR count). The Bertz CT molecular complexity index is 304. The highest BCUT2D eigenvalue weighted by atomic mass is 79.9.